The summed E-state index contributed by atoms with van der Waals surface area (Å²) in [5.41, 5.74) is 2.37. The fourth-order valence-corrected chi connectivity index (χ4v) is 11.2. The number of likely N-dealkylation sites (N-methyl/N-ethyl adjacent to an activating group) is 2. The molecule has 0 heterocycles. The number of amides is 2. The summed E-state index contributed by atoms with van der Waals surface area (Å²) in [7, 11) is 9.85. The molecule has 0 saturated heterocycles. The fraction of sp³-hybridized carbons (Fsp3) is 0.422. The van der Waals surface area contributed by atoms with Gasteiger partial charge in [0.05, 0.1) is 28.8 Å². The van der Waals surface area contributed by atoms with Gasteiger partial charge in [0, 0.05) is 48.7 Å². The maximum Gasteiger partial charge on any atom is 0.255 e. The van der Waals surface area contributed by atoms with E-state index in [0.29, 0.717) is 5.56 Å². The molecule has 346 valence electrons. The molecule has 6 aliphatic carbocycles. The molecule has 9 atom stereocenters. The lowest BCUT2D eigenvalue weighted by Gasteiger charge is -2.52. The van der Waals surface area contributed by atoms with Crippen LogP contribution in [0.3, 0.4) is 0 Å². The Balaban J connectivity index is 0.000000194. The molecule has 0 bridgehead atoms. The number of benzene rings is 2. The van der Waals surface area contributed by atoms with E-state index >= 15 is 0 Å². The predicted molar refractivity (Wildman–Crippen MR) is 228 cm³/mol. The number of phenolic OH excluding ortho intramolecular Hbond substituents is 2. The number of rotatable bonds is 5. The SMILES string of the molecule is CN(C)[C@@H]1C(O)=C(C(N)=O)C(=O)[C@@]2(O)C(O)=C3C(=O)c4c(O)cccc4[C@@](C)(O)[C@H]3C[C@@H]12.CN(C)c1ccc(O)c2c1C[C@H]1C[C@H]3[C@H](N(C)C)C(O)=C(C(N)=O)C(=O)[C@@]3(O)C(O)=C1C2=O. The summed E-state index contributed by atoms with van der Waals surface area (Å²) in [6.07, 6.45) is 0.124. The summed E-state index contributed by atoms with van der Waals surface area (Å²) in [5, 5.41) is 99.0. The Hall–Kier alpha value is -6.58. The number of nitrogens with zero attached hydrogens (tertiary/aromatic N) is 3. The predicted octanol–water partition coefficient (Wildman–Crippen LogP) is -0.0278. The van der Waals surface area contributed by atoms with Crippen molar-refractivity contribution in [1.29, 1.82) is 0 Å². The van der Waals surface area contributed by atoms with Gasteiger partial charge in [-0.15, -0.1) is 0 Å². The summed E-state index contributed by atoms with van der Waals surface area (Å²) in [4.78, 5) is 81.9. The second kappa shape index (κ2) is 15.3. The lowest BCUT2D eigenvalue weighted by atomic mass is 9.55. The molecule has 2 aromatic carbocycles. The van der Waals surface area contributed by atoms with Crippen molar-refractivity contribution in [2.24, 2.45) is 35.1 Å². The first-order chi connectivity index (χ1) is 30.1. The number of allylic oxidation sites excluding steroid dienone is 1. The fourth-order valence-electron chi connectivity index (χ4n) is 11.2. The number of carbonyl (C=O) groups is 6. The summed E-state index contributed by atoms with van der Waals surface area (Å²) in [6, 6.07) is 5.11. The normalized spacial score (nSPS) is 31.7. The molecule has 65 heavy (non-hydrogen) atoms. The van der Waals surface area contributed by atoms with E-state index in [4.69, 9.17) is 11.5 Å². The van der Waals surface area contributed by atoms with Gasteiger partial charge >= 0.3 is 0 Å². The lowest BCUT2D eigenvalue weighted by molar-refractivity contribution is -0.152. The molecule has 2 amide bonds. The van der Waals surface area contributed by atoms with Gasteiger partial charge in [0.15, 0.2) is 22.8 Å². The van der Waals surface area contributed by atoms with Crippen LogP contribution in [0.5, 0.6) is 11.5 Å². The summed E-state index contributed by atoms with van der Waals surface area (Å²) >= 11 is 0. The van der Waals surface area contributed by atoms with Crippen LogP contribution in [0.15, 0.2) is 75.7 Å². The number of carbonyl (C=O) groups excluding carboxylic acids is 6. The molecule has 0 spiro atoms. The van der Waals surface area contributed by atoms with Crippen molar-refractivity contribution in [3.8, 4) is 11.5 Å². The first-order valence-electron chi connectivity index (χ1n) is 20.5. The van der Waals surface area contributed by atoms with Crippen LogP contribution in [0.1, 0.15) is 51.6 Å². The van der Waals surface area contributed by atoms with Gasteiger partial charge in [-0.3, -0.25) is 38.6 Å². The molecule has 0 radical (unpaired) electrons. The average Bonchev–Trinajstić information content (AvgIpc) is 3.19. The van der Waals surface area contributed by atoms with Crippen molar-refractivity contribution in [2.75, 3.05) is 47.2 Å². The van der Waals surface area contributed by atoms with Gasteiger partial charge in [-0.05, 0) is 89.6 Å². The van der Waals surface area contributed by atoms with Gasteiger partial charge < -0.3 is 62.3 Å². The number of Topliss-reactive ketones (excluding diaryl/α,β-unsaturated/α-hetero) is 4. The van der Waals surface area contributed by atoms with E-state index in [-0.39, 0.29) is 47.3 Å². The van der Waals surface area contributed by atoms with Crippen molar-refractivity contribution in [3.05, 3.63) is 97.9 Å². The lowest BCUT2D eigenvalue weighted by Crippen LogP contribution is -2.65. The molecular formula is C45H51N5O15. The maximum atomic E-state index is 13.5. The van der Waals surface area contributed by atoms with Gasteiger partial charge in [0.1, 0.15) is 45.7 Å². The molecule has 0 aromatic heterocycles. The van der Waals surface area contributed by atoms with Crippen molar-refractivity contribution in [1.82, 2.24) is 9.80 Å². The number of ketones is 4. The molecule has 0 unspecified atom stereocenters. The maximum absolute atomic E-state index is 13.5. The van der Waals surface area contributed by atoms with Crippen LogP contribution in [0, 0.1) is 23.7 Å². The molecule has 8 rings (SSSR count). The summed E-state index contributed by atoms with van der Waals surface area (Å²) in [6.45, 7) is 1.40. The Labute approximate surface area is 371 Å². The van der Waals surface area contributed by atoms with Gasteiger partial charge in [-0.25, -0.2) is 0 Å². The smallest absolute Gasteiger partial charge is 0.255 e. The zero-order valence-corrected chi connectivity index (χ0v) is 36.4. The first-order valence-corrected chi connectivity index (χ1v) is 20.5. The molecule has 20 nitrogen and oxygen atoms in total. The van der Waals surface area contributed by atoms with Gasteiger partial charge in [-0.1, -0.05) is 12.1 Å². The Kier molecular flexibility index (Phi) is 10.9. The Morgan fingerprint density at radius 3 is 1.58 bits per heavy atom. The highest BCUT2D eigenvalue weighted by Crippen LogP contribution is 2.57. The van der Waals surface area contributed by atoms with E-state index in [9.17, 15) is 74.7 Å². The van der Waals surface area contributed by atoms with E-state index in [1.165, 1.54) is 55.1 Å². The minimum Gasteiger partial charge on any atom is -0.510 e. The van der Waals surface area contributed by atoms with Crippen LogP contribution < -0.4 is 16.4 Å². The second-order valence-electron chi connectivity index (χ2n) is 18.3. The van der Waals surface area contributed by atoms with Gasteiger partial charge in [0.25, 0.3) is 11.8 Å². The zero-order chi connectivity index (χ0) is 48.5. The molecular weight excluding hydrogens is 851 g/mol. The third-order valence-electron chi connectivity index (χ3n) is 14.1. The number of nitrogens with two attached hydrogens (primary N) is 2. The minimum atomic E-state index is -2.75. The van der Waals surface area contributed by atoms with E-state index in [0.717, 1.165) is 5.69 Å². The molecule has 0 fully saturated rings. The molecule has 6 aliphatic rings. The summed E-state index contributed by atoms with van der Waals surface area (Å²) < 4.78 is 0. The highest BCUT2D eigenvalue weighted by Gasteiger charge is 2.66. The van der Waals surface area contributed by atoms with E-state index in [1.807, 2.05) is 0 Å². The quantitative estimate of drug-likeness (QED) is 0.176. The third kappa shape index (κ3) is 6.22. The van der Waals surface area contributed by atoms with Crippen LogP contribution in [0.4, 0.5) is 5.69 Å². The standard InChI is InChI=1S/C23H27N3O7.C22H24N2O8/c1-25(2)12-5-6-13(27)15-10(12)7-9-8-11-17(26(3)4)19(29)16(22(24)32)21(31)23(11,33)20(30)14(9)18(15)28;1-21(31)8-5-4-6-11(25)12(8)16(26)13-9(21)7-10-15(24(2)3)17(27)14(20(23)30)19(29)22(10,32)18(13)28/h5-6,9,11,17,27,29-30,33H,7-8H2,1-4H3,(H2,24,32);4-6,9-10,15,25,27-28,31-32H,7H2,1-3H3,(H2,23,30)/t9-,11-,17-,23-;9-,10-,15-,21+,22-/m00/s1. The first kappa shape index (κ1) is 46.4. The highest BCUT2D eigenvalue weighted by molar-refractivity contribution is 6.26. The monoisotopic (exact) mass is 901 g/mol. The highest BCUT2D eigenvalue weighted by atomic mass is 16.4. The number of aliphatic hydroxyl groups excluding tert-OH is 4. The number of hydrogen-bond donors (Lipinski definition) is 11. The molecule has 0 saturated carbocycles. The van der Waals surface area contributed by atoms with Crippen LogP contribution in [0.25, 0.3) is 0 Å². The van der Waals surface area contributed by atoms with Crippen molar-refractivity contribution >= 4 is 40.6 Å². The molecule has 13 N–H and O–H groups in total. The third-order valence-corrected chi connectivity index (χ3v) is 14.1. The van der Waals surface area contributed by atoms with Crippen LogP contribution in [-0.2, 0) is 31.2 Å². The Morgan fingerprint density at radius 1 is 0.646 bits per heavy atom. The largest absolute Gasteiger partial charge is 0.510 e. The van der Waals surface area contributed by atoms with Gasteiger partial charge in [-0.2, -0.15) is 0 Å². The van der Waals surface area contributed by atoms with E-state index in [1.54, 1.807) is 39.2 Å². The van der Waals surface area contributed by atoms with Crippen LogP contribution >= 0.6 is 0 Å². The second-order valence-corrected chi connectivity index (χ2v) is 18.3. The van der Waals surface area contributed by atoms with E-state index < -0.39 is 133 Å². The number of anilines is 1. The number of phenols is 2. The van der Waals surface area contributed by atoms with Crippen molar-refractivity contribution in [2.45, 2.75) is 55.1 Å². The molecule has 0 aliphatic heterocycles. The Morgan fingerprint density at radius 2 is 1.11 bits per heavy atom. The number of aliphatic hydroxyl groups is 7. The number of aromatic hydroxyl groups is 2. The van der Waals surface area contributed by atoms with Crippen molar-refractivity contribution in [3.63, 3.8) is 0 Å². The van der Waals surface area contributed by atoms with Gasteiger partial charge in [0.2, 0.25) is 11.6 Å². The molecule has 2 aromatic rings. The van der Waals surface area contributed by atoms with E-state index in [2.05, 4.69) is 0 Å². The van der Waals surface area contributed by atoms with Crippen molar-refractivity contribution < 1.29 is 74.7 Å². The van der Waals surface area contributed by atoms with Crippen LogP contribution in [-0.4, -0.2) is 156 Å². The topological polar surface area (TPSA) is 346 Å². The minimum absolute atomic E-state index is 0.00184. The Bertz CT molecular complexity index is 2680. The zero-order valence-electron chi connectivity index (χ0n) is 36.4. The number of primary amides is 2. The number of hydrogen-bond acceptors (Lipinski definition) is 18. The number of fused-ring (bicyclic) bond motifs is 6. The van der Waals surface area contributed by atoms with Crippen LogP contribution in [0.2, 0.25) is 0 Å². The molecule has 20 heteroatoms. The average molecular weight is 902 g/mol. The summed E-state index contributed by atoms with van der Waals surface area (Å²) in [5.74, 6) is -14.4.